The van der Waals surface area contributed by atoms with Crippen LogP contribution in [0.3, 0.4) is 0 Å². The summed E-state index contributed by atoms with van der Waals surface area (Å²) >= 11 is 0. The molecule has 9 heteroatoms. The van der Waals surface area contributed by atoms with Gasteiger partial charge in [-0.05, 0) is 29.7 Å². The number of rotatable bonds is 3. The summed E-state index contributed by atoms with van der Waals surface area (Å²) in [5.41, 5.74) is 4.33. The van der Waals surface area contributed by atoms with E-state index in [0.717, 1.165) is 48.7 Å². The predicted octanol–water partition coefficient (Wildman–Crippen LogP) is 3.35. The molecule has 0 N–H and O–H groups in total. The van der Waals surface area contributed by atoms with Crippen molar-refractivity contribution in [3.05, 3.63) is 82.0 Å². The van der Waals surface area contributed by atoms with Crippen LogP contribution in [-0.2, 0) is 30.7 Å². The van der Waals surface area contributed by atoms with E-state index in [9.17, 15) is 13.6 Å². The Hall–Kier alpha value is -3.59. The summed E-state index contributed by atoms with van der Waals surface area (Å²) in [5.74, 6) is -0.494. The Kier molecular flexibility index (Phi) is 6.00. The number of carbonyl (C=O) groups excluding carboxylic acids is 1. The first-order chi connectivity index (χ1) is 17.6. The van der Waals surface area contributed by atoms with Crippen LogP contribution in [0, 0.1) is 11.6 Å². The van der Waals surface area contributed by atoms with Crippen LogP contribution in [0.1, 0.15) is 32.7 Å². The standard InChI is InChI=1S/C27H27F2N5O2/c28-20-5-6-21(23(29)15-20)26(35)33-10-8-24-22(17-33)25(32-11-13-36-14-12-32)31-27(30-24)34-9-7-18-3-1-2-4-19(18)16-34/h1-6,15H,7-14,16-17H2. The predicted molar refractivity (Wildman–Crippen MR) is 131 cm³/mol. The number of halogens is 2. The molecule has 1 amide bonds. The topological polar surface area (TPSA) is 61.8 Å². The number of anilines is 2. The molecule has 3 aliphatic rings. The quantitative estimate of drug-likeness (QED) is 0.560. The molecule has 0 atom stereocenters. The Morgan fingerprint density at radius 1 is 0.861 bits per heavy atom. The third-order valence-electron chi connectivity index (χ3n) is 7.20. The molecule has 36 heavy (non-hydrogen) atoms. The molecular weight excluding hydrogens is 464 g/mol. The monoisotopic (exact) mass is 491 g/mol. The minimum Gasteiger partial charge on any atom is -0.378 e. The normalized spacial score (nSPS) is 17.6. The molecule has 3 aliphatic heterocycles. The van der Waals surface area contributed by atoms with Gasteiger partial charge in [0.15, 0.2) is 0 Å². The summed E-state index contributed by atoms with van der Waals surface area (Å²) in [7, 11) is 0. The molecule has 4 heterocycles. The zero-order chi connectivity index (χ0) is 24.6. The fourth-order valence-corrected chi connectivity index (χ4v) is 5.24. The number of ether oxygens (including phenoxy) is 1. The van der Waals surface area contributed by atoms with Gasteiger partial charge in [-0.1, -0.05) is 24.3 Å². The molecule has 0 unspecified atom stereocenters. The lowest BCUT2D eigenvalue weighted by molar-refractivity contribution is 0.0728. The molecule has 0 aliphatic carbocycles. The average Bonchev–Trinajstić information content (AvgIpc) is 2.92. The Morgan fingerprint density at radius 3 is 2.47 bits per heavy atom. The van der Waals surface area contributed by atoms with Crippen LogP contribution in [0.25, 0.3) is 0 Å². The van der Waals surface area contributed by atoms with E-state index in [2.05, 4.69) is 34.1 Å². The number of hydrogen-bond acceptors (Lipinski definition) is 6. The summed E-state index contributed by atoms with van der Waals surface area (Å²) in [6, 6.07) is 11.5. The Morgan fingerprint density at radius 2 is 1.67 bits per heavy atom. The molecule has 7 nitrogen and oxygen atoms in total. The van der Waals surface area contributed by atoms with E-state index >= 15 is 0 Å². The van der Waals surface area contributed by atoms with Gasteiger partial charge in [0.05, 0.1) is 31.0 Å². The maximum absolute atomic E-state index is 14.3. The van der Waals surface area contributed by atoms with Crippen molar-refractivity contribution in [3.8, 4) is 0 Å². The number of nitrogens with zero attached hydrogens (tertiary/aromatic N) is 5. The molecule has 0 radical (unpaired) electrons. The minimum absolute atomic E-state index is 0.128. The van der Waals surface area contributed by atoms with Gasteiger partial charge in [0.25, 0.3) is 5.91 Å². The van der Waals surface area contributed by atoms with Gasteiger partial charge in [-0.25, -0.2) is 13.8 Å². The van der Waals surface area contributed by atoms with Crippen molar-refractivity contribution in [2.24, 2.45) is 0 Å². The Bertz CT molecular complexity index is 1310. The van der Waals surface area contributed by atoms with E-state index < -0.39 is 17.5 Å². The van der Waals surface area contributed by atoms with Crippen molar-refractivity contribution in [1.82, 2.24) is 14.9 Å². The summed E-state index contributed by atoms with van der Waals surface area (Å²) in [5, 5.41) is 0. The van der Waals surface area contributed by atoms with Gasteiger partial charge < -0.3 is 19.4 Å². The number of aromatic nitrogens is 2. The van der Waals surface area contributed by atoms with Crippen LogP contribution in [0.15, 0.2) is 42.5 Å². The molecule has 1 aromatic heterocycles. The molecule has 1 fully saturated rings. The lowest BCUT2D eigenvalue weighted by atomic mass is 10.00. The number of hydrogen-bond donors (Lipinski definition) is 0. The second-order valence-corrected chi connectivity index (χ2v) is 9.41. The van der Waals surface area contributed by atoms with Crippen LogP contribution in [-0.4, -0.2) is 60.2 Å². The van der Waals surface area contributed by atoms with Crippen molar-refractivity contribution < 1.29 is 18.3 Å². The third-order valence-corrected chi connectivity index (χ3v) is 7.20. The highest BCUT2D eigenvalue weighted by atomic mass is 19.1. The molecule has 0 bridgehead atoms. The van der Waals surface area contributed by atoms with Gasteiger partial charge in [0, 0.05) is 50.8 Å². The van der Waals surface area contributed by atoms with E-state index in [0.29, 0.717) is 45.2 Å². The van der Waals surface area contributed by atoms with Crippen LogP contribution >= 0.6 is 0 Å². The average molecular weight is 492 g/mol. The first-order valence-electron chi connectivity index (χ1n) is 12.4. The maximum Gasteiger partial charge on any atom is 0.257 e. The highest BCUT2D eigenvalue weighted by Crippen LogP contribution is 2.32. The van der Waals surface area contributed by atoms with Crippen molar-refractivity contribution in [2.75, 3.05) is 49.2 Å². The fourth-order valence-electron chi connectivity index (χ4n) is 5.24. The van der Waals surface area contributed by atoms with Gasteiger partial charge >= 0.3 is 0 Å². The van der Waals surface area contributed by atoms with E-state index in [-0.39, 0.29) is 12.1 Å². The van der Waals surface area contributed by atoms with E-state index in [1.165, 1.54) is 17.2 Å². The fraction of sp³-hybridized carbons (Fsp3) is 0.370. The minimum atomic E-state index is -0.851. The first kappa shape index (κ1) is 22.8. The van der Waals surface area contributed by atoms with Gasteiger partial charge in [-0.3, -0.25) is 4.79 Å². The van der Waals surface area contributed by atoms with Crippen LogP contribution in [0.5, 0.6) is 0 Å². The summed E-state index contributed by atoms with van der Waals surface area (Å²) in [4.78, 5) is 29.1. The van der Waals surface area contributed by atoms with Gasteiger partial charge in [-0.15, -0.1) is 0 Å². The lowest BCUT2D eigenvalue weighted by Crippen LogP contribution is -2.42. The van der Waals surface area contributed by atoms with Gasteiger partial charge in [-0.2, -0.15) is 4.98 Å². The first-order valence-corrected chi connectivity index (χ1v) is 12.4. The van der Waals surface area contributed by atoms with Crippen LogP contribution in [0.4, 0.5) is 20.5 Å². The number of amides is 1. The summed E-state index contributed by atoms with van der Waals surface area (Å²) < 4.78 is 33.3. The lowest BCUT2D eigenvalue weighted by Gasteiger charge is -2.36. The van der Waals surface area contributed by atoms with Crippen molar-refractivity contribution in [2.45, 2.75) is 25.9 Å². The number of morpholine rings is 1. The Balaban J connectivity index is 1.33. The number of fused-ring (bicyclic) bond motifs is 2. The molecule has 3 aromatic rings. The number of benzene rings is 2. The van der Waals surface area contributed by atoms with Crippen molar-refractivity contribution >= 4 is 17.7 Å². The molecule has 2 aromatic carbocycles. The van der Waals surface area contributed by atoms with Crippen LogP contribution in [0.2, 0.25) is 0 Å². The molecule has 1 saturated heterocycles. The largest absolute Gasteiger partial charge is 0.378 e. The summed E-state index contributed by atoms with van der Waals surface area (Å²) in [6.07, 6.45) is 1.48. The second-order valence-electron chi connectivity index (χ2n) is 9.41. The smallest absolute Gasteiger partial charge is 0.257 e. The second kappa shape index (κ2) is 9.46. The Labute approximate surface area is 208 Å². The van der Waals surface area contributed by atoms with Gasteiger partial charge in [0.1, 0.15) is 17.5 Å². The molecule has 186 valence electrons. The molecule has 0 saturated carbocycles. The number of carbonyl (C=O) groups is 1. The van der Waals surface area contributed by atoms with Crippen LogP contribution < -0.4 is 9.80 Å². The molecule has 0 spiro atoms. The van der Waals surface area contributed by atoms with Crippen molar-refractivity contribution in [3.63, 3.8) is 0 Å². The summed E-state index contributed by atoms with van der Waals surface area (Å²) in [6.45, 7) is 4.89. The zero-order valence-electron chi connectivity index (χ0n) is 19.9. The maximum atomic E-state index is 14.3. The third kappa shape index (κ3) is 4.28. The van der Waals surface area contributed by atoms with E-state index in [4.69, 9.17) is 14.7 Å². The zero-order valence-corrected chi connectivity index (χ0v) is 19.9. The highest BCUT2D eigenvalue weighted by Gasteiger charge is 2.31. The van der Waals surface area contributed by atoms with E-state index in [1.54, 1.807) is 4.90 Å². The SMILES string of the molecule is O=C(c1ccc(F)cc1F)N1CCc2nc(N3CCc4ccccc4C3)nc(N3CCOCC3)c2C1. The van der Waals surface area contributed by atoms with Crippen molar-refractivity contribution in [1.29, 1.82) is 0 Å². The molecule has 6 rings (SSSR count). The van der Waals surface area contributed by atoms with E-state index in [1.807, 2.05) is 0 Å². The molecular formula is C27H27F2N5O2. The van der Waals surface area contributed by atoms with Gasteiger partial charge in [0.2, 0.25) is 5.95 Å². The highest BCUT2D eigenvalue weighted by molar-refractivity contribution is 5.94.